The van der Waals surface area contributed by atoms with E-state index in [1.807, 2.05) is 6.92 Å². The van der Waals surface area contributed by atoms with E-state index in [2.05, 4.69) is 10.6 Å². The first kappa shape index (κ1) is 24.2. The summed E-state index contributed by atoms with van der Waals surface area (Å²) in [6, 6.07) is 3.99. The Morgan fingerprint density at radius 1 is 1.25 bits per heavy atom. The van der Waals surface area contributed by atoms with Gasteiger partial charge in [-0.15, -0.1) is 0 Å². The number of carbonyl (C=O) groups excluding carboxylic acids is 2. The van der Waals surface area contributed by atoms with E-state index in [9.17, 15) is 14.0 Å². The molecule has 158 valence electrons. The van der Waals surface area contributed by atoms with Gasteiger partial charge in [-0.2, -0.15) is 0 Å². The summed E-state index contributed by atoms with van der Waals surface area (Å²) in [7, 11) is -2.78. The smallest absolute Gasteiger partial charge is 0.391 e. The lowest BCUT2D eigenvalue weighted by atomic mass is 10.1. The van der Waals surface area contributed by atoms with Crippen molar-refractivity contribution in [3.8, 4) is 5.75 Å². The normalized spacial score (nSPS) is 11.9. The number of hydrogen-bond donors (Lipinski definition) is 5. The summed E-state index contributed by atoms with van der Waals surface area (Å²) in [6.07, 6.45) is 2.13. The first-order valence-corrected chi connectivity index (χ1v) is 10.5. The molecule has 6 N–H and O–H groups in total. The van der Waals surface area contributed by atoms with E-state index < -0.39 is 20.7 Å². The van der Waals surface area contributed by atoms with Crippen molar-refractivity contribution in [3.05, 3.63) is 23.8 Å². The van der Waals surface area contributed by atoms with Crippen LogP contribution in [0.1, 0.15) is 57.2 Å². The van der Waals surface area contributed by atoms with E-state index >= 15 is 0 Å². The Hall–Kier alpha value is -1.80. The van der Waals surface area contributed by atoms with Crippen LogP contribution in [0.25, 0.3) is 0 Å². The molecule has 0 aliphatic carbocycles. The van der Waals surface area contributed by atoms with Gasteiger partial charge in [0.25, 0.3) is 5.91 Å². The van der Waals surface area contributed by atoms with Crippen molar-refractivity contribution >= 4 is 26.1 Å². The minimum Gasteiger partial charge on any atom is -0.427 e. The molecule has 0 saturated carbocycles. The van der Waals surface area contributed by atoms with E-state index in [1.54, 1.807) is 0 Å². The minimum absolute atomic E-state index is 0.171. The van der Waals surface area contributed by atoms with Crippen molar-refractivity contribution in [2.24, 2.45) is 5.73 Å². The highest BCUT2D eigenvalue weighted by Gasteiger charge is 2.25. The van der Waals surface area contributed by atoms with E-state index in [0.29, 0.717) is 32.4 Å². The monoisotopic (exact) mass is 417 g/mol. The number of rotatable bonds is 13. The summed E-state index contributed by atoms with van der Waals surface area (Å²) in [4.78, 5) is 42.2. The first-order chi connectivity index (χ1) is 13.4. The van der Waals surface area contributed by atoms with Gasteiger partial charge in [-0.1, -0.05) is 19.8 Å². The molecule has 0 radical (unpaired) electrons. The molecule has 1 atom stereocenters. The Bertz CT molecular complexity index is 633. The van der Waals surface area contributed by atoms with Gasteiger partial charge in [-0.05, 0) is 44.0 Å². The number of unbranched alkanes of at least 4 members (excludes halogenated alkanes) is 3. The van der Waals surface area contributed by atoms with Crippen molar-refractivity contribution in [1.29, 1.82) is 0 Å². The highest BCUT2D eigenvalue weighted by Crippen LogP contribution is 2.37. The Kier molecular flexibility index (Phi) is 11.6. The van der Waals surface area contributed by atoms with Crippen molar-refractivity contribution < 1.29 is 28.3 Å². The SMILES string of the molecule is CCCCNC(=O)C(F)c1cc(NC(=O)CCCCCN)ccc1OP(O)O. The number of carbonyl (C=O) groups is 2. The van der Waals surface area contributed by atoms with Gasteiger partial charge in [0.2, 0.25) is 12.1 Å². The van der Waals surface area contributed by atoms with Gasteiger partial charge >= 0.3 is 8.60 Å². The molecule has 0 saturated heterocycles. The van der Waals surface area contributed by atoms with Crippen molar-refractivity contribution in [2.45, 2.75) is 51.6 Å². The van der Waals surface area contributed by atoms with E-state index in [-0.39, 0.29) is 22.9 Å². The van der Waals surface area contributed by atoms with Crippen molar-refractivity contribution in [2.75, 3.05) is 18.4 Å². The number of amides is 2. The molecule has 28 heavy (non-hydrogen) atoms. The van der Waals surface area contributed by atoms with Crippen LogP contribution >= 0.6 is 8.60 Å². The minimum atomic E-state index is -2.78. The second kappa shape index (κ2) is 13.4. The van der Waals surface area contributed by atoms with Gasteiger partial charge in [0.05, 0.1) is 0 Å². The molecule has 1 unspecified atom stereocenters. The lowest BCUT2D eigenvalue weighted by Crippen LogP contribution is -2.28. The molecule has 0 aliphatic rings. The molecular weight excluding hydrogens is 388 g/mol. The zero-order chi connectivity index (χ0) is 20.9. The van der Waals surface area contributed by atoms with E-state index in [0.717, 1.165) is 19.3 Å². The molecule has 0 aromatic heterocycles. The first-order valence-electron chi connectivity index (χ1n) is 9.30. The third-order valence-corrected chi connectivity index (χ3v) is 4.27. The molecule has 10 heteroatoms. The van der Waals surface area contributed by atoms with Crippen LogP contribution in [0.3, 0.4) is 0 Å². The summed E-state index contributed by atoms with van der Waals surface area (Å²) in [5, 5.41) is 5.12. The second-order valence-corrected chi connectivity index (χ2v) is 6.94. The molecular formula is C18H29FN3O5P. The molecule has 0 spiro atoms. The van der Waals surface area contributed by atoms with Crippen molar-refractivity contribution in [1.82, 2.24) is 5.32 Å². The predicted octanol–water partition coefficient (Wildman–Crippen LogP) is 2.66. The number of nitrogens with one attached hydrogen (secondary N) is 2. The number of nitrogens with two attached hydrogens (primary N) is 1. The largest absolute Gasteiger partial charge is 0.427 e. The third kappa shape index (κ3) is 8.93. The van der Waals surface area contributed by atoms with Crippen LogP contribution in [0, 0.1) is 0 Å². The zero-order valence-electron chi connectivity index (χ0n) is 16.0. The topological polar surface area (TPSA) is 134 Å². The third-order valence-electron chi connectivity index (χ3n) is 3.91. The summed E-state index contributed by atoms with van der Waals surface area (Å²) in [5.41, 5.74) is 5.51. The summed E-state index contributed by atoms with van der Waals surface area (Å²) in [5.74, 6) is -1.27. The Balaban J connectivity index is 2.87. The Labute approximate surface area is 165 Å². The molecule has 8 nitrogen and oxygen atoms in total. The fraction of sp³-hybridized carbons (Fsp3) is 0.556. The zero-order valence-corrected chi connectivity index (χ0v) is 16.9. The maximum Gasteiger partial charge on any atom is 0.391 e. The summed E-state index contributed by atoms with van der Waals surface area (Å²) >= 11 is 0. The van der Waals surface area contributed by atoms with Gasteiger partial charge in [0.1, 0.15) is 5.75 Å². The molecule has 1 rings (SSSR count). The Morgan fingerprint density at radius 3 is 2.64 bits per heavy atom. The fourth-order valence-electron chi connectivity index (χ4n) is 2.44. The molecule has 0 heterocycles. The average molecular weight is 417 g/mol. The van der Waals surface area contributed by atoms with Crippen LogP contribution in [0.5, 0.6) is 5.75 Å². The number of halogens is 1. The summed E-state index contributed by atoms with van der Waals surface area (Å²) in [6.45, 7) is 2.85. The predicted molar refractivity (Wildman–Crippen MR) is 106 cm³/mol. The van der Waals surface area contributed by atoms with Gasteiger partial charge < -0.3 is 30.7 Å². The lowest BCUT2D eigenvalue weighted by Gasteiger charge is -2.16. The van der Waals surface area contributed by atoms with Crippen LogP contribution in [-0.2, 0) is 9.59 Å². The van der Waals surface area contributed by atoms with Crippen LogP contribution in [0.4, 0.5) is 10.1 Å². The second-order valence-electron chi connectivity index (χ2n) is 6.25. The highest BCUT2D eigenvalue weighted by molar-refractivity contribution is 7.39. The molecule has 0 aliphatic heterocycles. The number of alkyl halides is 1. The maximum absolute atomic E-state index is 14.7. The van der Waals surface area contributed by atoms with Gasteiger partial charge in [-0.25, -0.2) is 4.39 Å². The number of benzene rings is 1. The van der Waals surface area contributed by atoms with Crippen LogP contribution in [0.2, 0.25) is 0 Å². The molecule has 0 bridgehead atoms. The van der Waals surface area contributed by atoms with Gasteiger partial charge in [-0.3, -0.25) is 9.59 Å². The van der Waals surface area contributed by atoms with Crippen molar-refractivity contribution in [3.63, 3.8) is 0 Å². The van der Waals surface area contributed by atoms with E-state index in [1.165, 1.54) is 18.2 Å². The molecule has 1 aromatic rings. The molecule has 1 aromatic carbocycles. The molecule has 2 amide bonds. The molecule has 0 fully saturated rings. The quantitative estimate of drug-likeness (QED) is 0.247. The average Bonchev–Trinajstić information content (AvgIpc) is 2.65. The van der Waals surface area contributed by atoms with Crippen LogP contribution < -0.4 is 20.9 Å². The highest BCUT2D eigenvalue weighted by atomic mass is 31.2. The van der Waals surface area contributed by atoms with Crippen LogP contribution in [0.15, 0.2) is 18.2 Å². The number of hydrogen-bond acceptors (Lipinski definition) is 6. The van der Waals surface area contributed by atoms with E-state index in [4.69, 9.17) is 20.0 Å². The number of anilines is 1. The van der Waals surface area contributed by atoms with Crippen LogP contribution in [-0.4, -0.2) is 34.7 Å². The standard InChI is InChI=1S/C18H29FN3O5P/c1-2-3-11-21-18(24)17(19)14-12-13(8-9-15(14)27-28(25)26)22-16(23)7-5-4-6-10-20/h8-9,12,17,25-26H,2-7,10-11,20H2,1H3,(H,21,24)(H,22,23). The maximum atomic E-state index is 14.7. The fourth-order valence-corrected chi connectivity index (χ4v) is 2.79. The summed E-state index contributed by atoms with van der Waals surface area (Å²) < 4.78 is 19.5. The van der Waals surface area contributed by atoms with Gasteiger partial charge in [0, 0.05) is 24.2 Å². The van der Waals surface area contributed by atoms with Gasteiger partial charge in [0.15, 0.2) is 0 Å². The lowest BCUT2D eigenvalue weighted by molar-refractivity contribution is -0.126. The Morgan fingerprint density at radius 2 is 2.00 bits per heavy atom.